The Morgan fingerprint density at radius 3 is 2.45 bits per heavy atom. The molecular formula is C10H17NO8S. The van der Waals surface area contributed by atoms with Crippen LogP contribution in [0.5, 0.6) is 0 Å². The van der Waals surface area contributed by atoms with Crippen molar-refractivity contribution >= 4 is 28.5 Å². The molecule has 0 aromatic rings. The van der Waals surface area contributed by atoms with Gasteiger partial charge in [0.2, 0.25) is 6.41 Å². The third-order valence-corrected chi connectivity index (χ3v) is 3.27. The smallest absolute Gasteiger partial charge is 0.332 e. The van der Waals surface area contributed by atoms with Gasteiger partial charge in [-0.05, 0) is 6.92 Å². The Kier molecular flexibility index (Phi) is 8.48. The molecule has 1 atom stereocenters. The molecule has 0 heterocycles. The second-order valence-electron chi connectivity index (χ2n) is 3.45. The SMILES string of the molecule is CCOC(=O)C(COC(=O)CCS(=O)(=O)OC)NC=O. The standard InChI is InChI=1S/C10H17NO8S/c1-3-18-10(14)8(11-7-12)6-19-9(13)4-5-20(15,16)17-2/h7-8H,3-6H2,1-2H3,(H,11,12). The van der Waals surface area contributed by atoms with Crippen LogP contribution in [0.15, 0.2) is 0 Å². The number of nitrogens with one attached hydrogen (secondary N) is 1. The van der Waals surface area contributed by atoms with E-state index in [1.807, 2.05) is 0 Å². The average molecular weight is 311 g/mol. The molecule has 10 heteroatoms. The van der Waals surface area contributed by atoms with Gasteiger partial charge in [0.15, 0.2) is 6.04 Å². The second kappa shape index (κ2) is 9.26. The lowest BCUT2D eigenvalue weighted by Gasteiger charge is -2.14. The summed E-state index contributed by atoms with van der Waals surface area (Å²) in [5.41, 5.74) is 0. The molecule has 1 N–H and O–H groups in total. The highest BCUT2D eigenvalue weighted by Crippen LogP contribution is 1.98. The third kappa shape index (κ3) is 7.69. The van der Waals surface area contributed by atoms with E-state index in [-0.39, 0.29) is 13.0 Å². The Hall–Kier alpha value is -1.68. The van der Waals surface area contributed by atoms with Gasteiger partial charge in [0.25, 0.3) is 10.1 Å². The number of ether oxygens (including phenoxy) is 2. The topological polar surface area (TPSA) is 125 Å². The summed E-state index contributed by atoms with van der Waals surface area (Å²) in [6.07, 6.45) is -0.155. The minimum absolute atomic E-state index is 0.107. The van der Waals surface area contributed by atoms with Crippen LogP contribution in [0.2, 0.25) is 0 Å². The minimum atomic E-state index is -3.75. The molecule has 20 heavy (non-hydrogen) atoms. The first-order valence-electron chi connectivity index (χ1n) is 5.66. The van der Waals surface area contributed by atoms with Crippen molar-refractivity contribution < 1.29 is 36.5 Å². The predicted octanol–water partition coefficient (Wildman–Crippen LogP) is -1.43. The summed E-state index contributed by atoms with van der Waals surface area (Å²) in [5.74, 6) is -2.13. The van der Waals surface area contributed by atoms with Gasteiger partial charge in [-0.1, -0.05) is 0 Å². The van der Waals surface area contributed by atoms with Crippen molar-refractivity contribution in [3.63, 3.8) is 0 Å². The summed E-state index contributed by atoms with van der Waals surface area (Å²) >= 11 is 0. The van der Waals surface area contributed by atoms with Crippen molar-refractivity contribution in [2.75, 3.05) is 26.1 Å². The molecule has 0 aliphatic rings. The summed E-state index contributed by atoms with van der Waals surface area (Å²) in [4.78, 5) is 33.0. The van der Waals surface area contributed by atoms with Gasteiger partial charge < -0.3 is 14.8 Å². The van der Waals surface area contributed by atoms with E-state index < -0.39 is 46.9 Å². The first-order valence-corrected chi connectivity index (χ1v) is 7.24. The molecule has 0 aromatic heterocycles. The molecule has 0 aliphatic carbocycles. The van der Waals surface area contributed by atoms with Crippen molar-refractivity contribution in [3.8, 4) is 0 Å². The zero-order valence-electron chi connectivity index (χ0n) is 11.2. The summed E-state index contributed by atoms with van der Waals surface area (Å²) in [7, 11) is -2.77. The van der Waals surface area contributed by atoms with Crippen LogP contribution in [0.3, 0.4) is 0 Å². The van der Waals surface area contributed by atoms with Gasteiger partial charge in [0, 0.05) is 0 Å². The molecule has 0 fully saturated rings. The second-order valence-corrected chi connectivity index (χ2v) is 5.31. The van der Waals surface area contributed by atoms with Crippen LogP contribution in [0.4, 0.5) is 0 Å². The summed E-state index contributed by atoms with van der Waals surface area (Å²) < 4.78 is 35.4. The van der Waals surface area contributed by atoms with Crippen LogP contribution in [-0.2, 0) is 38.2 Å². The monoisotopic (exact) mass is 311 g/mol. The number of hydrogen-bond acceptors (Lipinski definition) is 8. The largest absolute Gasteiger partial charge is 0.464 e. The fraction of sp³-hybridized carbons (Fsp3) is 0.700. The van der Waals surface area contributed by atoms with Gasteiger partial charge in [-0.25, -0.2) is 4.79 Å². The third-order valence-electron chi connectivity index (χ3n) is 2.06. The Labute approximate surface area is 116 Å². The molecule has 116 valence electrons. The molecule has 0 aliphatic heterocycles. The van der Waals surface area contributed by atoms with Gasteiger partial charge in [-0.3, -0.25) is 13.8 Å². The van der Waals surface area contributed by atoms with Crippen molar-refractivity contribution in [2.24, 2.45) is 0 Å². The molecule has 0 rings (SSSR count). The van der Waals surface area contributed by atoms with E-state index in [0.717, 1.165) is 7.11 Å². The van der Waals surface area contributed by atoms with Gasteiger partial charge in [-0.15, -0.1) is 0 Å². The van der Waals surface area contributed by atoms with E-state index in [4.69, 9.17) is 0 Å². The number of carbonyl (C=O) groups excluding carboxylic acids is 3. The Balaban J connectivity index is 4.24. The zero-order valence-corrected chi connectivity index (χ0v) is 12.0. The molecular weight excluding hydrogens is 294 g/mol. The van der Waals surface area contributed by atoms with E-state index in [9.17, 15) is 22.8 Å². The highest BCUT2D eigenvalue weighted by Gasteiger charge is 2.21. The van der Waals surface area contributed by atoms with E-state index in [1.165, 1.54) is 0 Å². The highest BCUT2D eigenvalue weighted by atomic mass is 32.2. The molecule has 0 radical (unpaired) electrons. The van der Waals surface area contributed by atoms with Gasteiger partial charge >= 0.3 is 11.9 Å². The highest BCUT2D eigenvalue weighted by molar-refractivity contribution is 7.86. The number of amides is 1. The first kappa shape index (κ1) is 18.3. The van der Waals surface area contributed by atoms with E-state index in [2.05, 4.69) is 19.0 Å². The Morgan fingerprint density at radius 1 is 1.30 bits per heavy atom. The molecule has 0 spiro atoms. The summed E-state index contributed by atoms with van der Waals surface area (Å²) in [5, 5.41) is 2.13. The fourth-order valence-electron chi connectivity index (χ4n) is 1.05. The number of esters is 2. The first-order chi connectivity index (χ1) is 9.36. The van der Waals surface area contributed by atoms with E-state index >= 15 is 0 Å². The van der Waals surface area contributed by atoms with Crippen LogP contribution in [0.1, 0.15) is 13.3 Å². The molecule has 1 amide bonds. The van der Waals surface area contributed by atoms with Crippen LogP contribution >= 0.6 is 0 Å². The fourth-order valence-corrected chi connectivity index (χ4v) is 1.63. The summed E-state index contributed by atoms with van der Waals surface area (Å²) in [6, 6.07) is -1.13. The molecule has 0 saturated heterocycles. The predicted molar refractivity (Wildman–Crippen MR) is 66.0 cm³/mol. The summed E-state index contributed by atoms with van der Waals surface area (Å²) in [6.45, 7) is 1.25. The van der Waals surface area contributed by atoms with Crippen LogP contribution < -0.4 is 5.32 Å². The van der Waals surface area contributed by atoms with Gasteiger partial charge in [0.1, 0.15) is 6.61 Å². The Morgan fingerprint density at radius 2 is 1.95 bits per heavy atom. The molecule has 0 aromatic carbocycles. The van der Waals surface area contributed by atoms with Gasteiger partial charge in [-0.2, -0.15) is 8.42 Å². The average Bonchev–Trinajstić information content (AvgIpc) is 2.41. The van der Waals surface area contributed by atoms with Crippen molar-refractivity contribution in [2.45, 2.75) is 19.4 Å². The number of carbonyl (C=O) groups is 3. The van der Waals surface area contributed by atoms with E-state index in [1.54, 1.807) is 6.92 Å². The van der Waals surface area contributed by atoms with Crippen LogP contribution in [0.25, 0.3) is 0 Å². The molecule has 1 unspecified atom stereocenters. The van der Waals surface area contributed by atoms with Crippen molar-refractivity contribution in [3.05, 3.63) is 0 Å². The van der Waals surface area contributed by atoms with Crippen molar-refractivity contribution in [1.29, 1.82) is 0 Å². The van der Waals surface area contributed by atoms with Gasteiger partial charge in [0.05, 0.1) is 25.9 Å². The molecule has 9 nitrogen and oxygen atoms in total. The maximum atomic E-state index is 11.4. The van der Waals surface area contributed by atoms with Crippen LogP contribution in [0, 0.1) is 0 Å². The van der Waals surface area contributed by atoms with E-state index in [0.29, 0.717) is 0 Å². The maximum Gasteiger partial charge on any atom is 0.332 e. The lowest BCUT2D eigenvalue weighted by atomic mass is 10.3. The lowest BCUT2D eigenvalue weighted by Crippen LogP contribution is -2.41. The molecule has 0 bridgehead atoms. The number of hydrogen-bond donors (Lipinski definition) is 1. The maximum absolute atomic E-state index is 11.4. The molecule has 0 saturated carbocycles. The van der Waals surface area contributed by atoms with Crippen molar-refractivity contribution in [1.82, 2.24) is 5.32 Å². The zero-order chi connectivity index (χ0) is 15.6. The minimum Gasteiger partial charge on any atom is -0.464 e. The van der Waals surface area contributed by atoms with Crippen LogP contribution in [-0.4, -0.2) is 58.9 Å². The lowest BCUT2D eigenvalue weighted by molar-refractivity contribution is -0.152. The normalized spacial score (nSPS) is 12.3. The number of rotatable bonds is 10. The quantitative estimate of drug-likeness (QED) is 0.296. The Bertz CT molecular complexity index is 433.